The van der Waals surface area contributed by atoms with Gasteiger partial charge in [0.2, 0.25) is 0 Å². The van der Waals surface area contributed by atoms with Crippen LogP contribution in [0.15, 0.2) is 24.3 Å². The van der Waals surface area contributed by atoms with Crippen molar-refractivity contribution in [3.63, 3.8) is 0 Å². The summed E-state index contributed by atoms with van der Waals surface area (Å²) in [5, 5.41) is 0. The highest BCUT2D eigenvalue weighted by Crippen LogP contribution is 2.36. The van der Waals surface area contributed by atoms with Crippen molar-refractivity contribution >= 4 is 5.71 Å². The Kier molecular flexibility index (Phi) is 3.77. The summed E-state index contributed by atoms with van der Waals surface area (Å²) in [5.74, 6) is 1.91. The average molecular weight is 325 g/mol. The minimum atomic E-state index is 0.835. The molecule has 0 aliphatic carbocycles. The molecular formula is C22H32N2+2. The Labute approximate surface area is 146 Å². The molecule has 2 heteroatoms. The molecule has 4 heterocycles. The number of hydrogen-bond donors (Lipinski definition) is 1. The Morgan fingerprint density at radius 3 is 2.75 bits per heavy atom. The Balaban J connectivity index is 1.52. The monoisotopic (exact) mass is 324 g/mol. The molecule has 0 saturated carbocycles. The van der Waals surface area contributed by atoms with Gasteiger partial charge >= 0.3 is 0 Å². The second-order valence-electron chi connectivity index (χ2n) is 8.90. The minimum absolute atomic E-state index is 0.835. The van der Waals surface area contributed by atoms with E-state index in [0.717, 1.165) is 23.9 Å². The quantitative estimate of drug-likeness (QED) is 0.759. The summed E-state index contributed by atoms with van der Waals surface area (Å²) >= 11 is 0. The van der Waals surface area contributed by atoms with Crippen LogP contribution in [0.25, 0.3) is 0 Å². The van der Waals surface area contributed by atoms with E-state index < -0.39 is 0 Å². The van der Waals surface area contributed by atoms with Gasteiger partial charge in [-0.1, -0.05) is 17.7 Å². The standard InChI is InChI=1S/C22H31N2/c1-16-8-10-17(11-9-16)21-6-4-7-22-18-13-19(15-24(21)22)20-5-2-3-12-23(20)14-18/h8-11,18-20,22H,2-7,12-15H2,1H3/q+1/p+1/t18-,19-,20-,22+/m0/s1. The smallest absolute Gasteiger partial charge is 0.183 e. The molecule has 5 atom stereocenters. The predicted molar refractivity (Wildman–Crippen MR) is 98.0 cm³/mol. The second-order valence-corrected chi connectivity index (χ2v) is 8.90. The molecule has 24 heavy (non-hydrogen) atoms. The van der Waals surface area contributed by atoms with Gasteiger partial charge in [-0.25, -0.2) is 4.58 Å². The highest BCUT2D eigenvalue weighted by molar-refractivity contribution is 5.97. The Morgan fingerprint density at radius 1 is 1.00 bits per heavy atom. The van der Waals surface area contributed by atoms with Crippen LogP contribution in [-0.2, 0) is 0 Å². The number of benzene rings is 1. The summed E-state index contributed by atoms with van der Waals surface area (Å²) in [6.45, 7) is 6.46. The van der Waals surface area contributed by atoms with Crippen LogP contribution in [0.4, 0.5) is 0 Å². The molecule has 1 aromatic carbocycles. The van der Waals surface area contributed by atoms with Crippen LogP contribution in [0.5, 0.6) is 0 Å². The van der Waals surface area contributed by atoms with E-state index in [9.17, 15) is 0 Å². The second kappa shape index (κ2) is 5.98. The third-order valence-corrected chi connectivity index (χ3v) is 7.51. The van der Waals surface area contributed by atoms with E-state index >= 15 is 0 Å². The molecule has 0 aromatic heterocycles. The molecule has 3 fully saturated rings. The SMILES string of the molecule is Cc1ccc(C2=[N+]3C[C@@H]4C[C@@H](C[NH+]5CCCC[C@@H]45)[C@H]3CCC2)cc1. The first-order valence-corrected chi connectivity index (χ1v) is 10.3. The van der Waals surface area contributed by atoms with Crippen molar-refractivity contribution in [2.75, 3.05) is 19.6 Å². The third kappa shape index (κ3) is 2.45. The molecule has 0 amide bonds. The molecule has 0 spiro atoms. The maximum Gasteiger partial charge on any atom is 0.183 e. The summed E-state index contributed by atoms with van der Waals surface area (Å²) in [6.07, 6.45) is 10.1. The fraction of sp³-hybridized carbons (Fsp3) is 0.682. The van der Waals surface area contributed by atoms with Crippen LogP contribution in [0.3, 0.4) is 0 Å². The first kappa shape index (κ1) is 15.1. The zero-order chi connectivity index (χ0) is 16.1. The van der Waals surface area contributed by atoms with Gasteiger partial charge in [0.1, 0.15) is 0 Å². The Hall–Kier alpha value is -1.15. The number of rotatable bonds is 1. The molecule has 1 N–H and O–H groups in total. The largest absolute Gasteiger partial charge is 0.332 e. The van der Waals surface area contributed by atoms with Gasteiger partial charge in [-0.15, -0.1) is 0 Å². The molecule has 1 unspecified atom stereocenters. The van der Waals surface area contributed by atoms with E-state index in [0.29, 0.717) is 0 Å². The van der Waals surface area contributed by atoms with Crippen LogP contribution < -0.4 is 4.90 Å². The summed E-state index contributed by atoms with van der Waals surface area (Å²) in [4.78, 5) is 1.98. The van der Waals surface area contributed by atoms with Gasteiger partial charge in [0.25, 0.3) is 0 Å². The minimum Gasteiger partial charge on any atom is -0.332 e. The molecule has 0 radical (unpaired) electrons. The number of hydrogen-bond acceptors (Lipinski definition) is 0. The normalized spacial score (nSPS) is 38.5. The van der Waals surface area contributed by atoms with Gasteiger partial charge in [0.15, 0.2) is 18.3 Å². The fourth-order valence-electron chi connectivity index (χ4n) is 6.42. The third-order valence-electron chi connectivity index (χ3n) is 7.51. The molecule has 4 aliphatic rings. The number of fused-ring (bicyclic) bond motifs is 6. The molecule has 4 aliphatic heterocycles. The number of aryl methyl sites for hydroxylation is 1. The van der Waals surface area contributed by atoms with Crippen LogP contribution in [0, 0.1) is 18.8 Å². The number of nitrogens with one attached hydrogen (secondary N) is 1. The number of piperidine rings is 3. The maximum absolute atomic E-state index is 2.89. The fourth-order valence-corrected chi connectivity index (χ4v) is 6.42. The molecule has 5 rings (SSSR count). The molecule has 2 bridgehead atoms. The zero-order valence-electron chi connectivity index (χ0n) is 15.1. The lowest BCUT2D eigenvalue weighted by molar-refractivity contribution is -0.951. The zero-order valence-corrected chi connectivity index (χ0v) is 15.1. The summed E-state index contributed by atoms with van der Waals surface area (Å²) < 4.78 is 2.89. The maximum atomic E-state index is 2.89. The number of quaternary nitrogens is 1. The van der Waals surface area contributed by atoms with Gasteiger partial charge in [-0.05, 0) is 44.7 Å². The first-order valence-electron chi connectivity index (χ1n) is 10.3. The Bertz CT molecular complexity index is 644. The summed E-state index contributed by atoms with van der Waals surface area (Å²) in [7, 11) is 0. The lowest BCUT2D eigenvalue weighted by atomic mass is 9.71. The molecule has 2 nitrogen and oxygen atoms in total. The molecule has 128 valence electrons. The van der Waals surface area contributed by atoms with Crippen molar-refractivity contribution in [1.29, 1.82) is 0 Å². The van der Waals surface area contributed by atoms with E-state index in [1.807, 2.05) is 4.90 Å². The van der Waals surface area contributed by atoms with Crippen molar-refractivity contribution in [3.05, 3.63) is 35.4 Å². The summed E-state index contributed by atoms with van der Waals surface area (Å²) in [6, 6.07) is 11.1. The van der Waals surface area contributed by atoms with Crippen molar-refractivity contribution in [3.8, 4) is 0 Å². The van der Waals surface area contributed by atoms with Crippen LogP contribution >= 0.6 is 0 Å². The average Bonchev–Trinajstić information content (AvgIpc) is 2.62. The van der Waals surface area contributed by atoms with E-state index in [-0.39, 0.29) is 0 Å². The van der Waals surface area contributed by atoms with Gasteiger partial charge in [0, 0.05) is 24.8 Å². The summed E-state index contributed by atoms with van der Waals surface area (Å²) in [5.41, 5.74) is 4.54. The van der Waals surface area contributed by atoms with E-state index in [1.54, 1.807) is 5.71 Å². The highest BCUT2D eigenvalue weighted by Gasteiger charge is 2.52. The first-order chi connectivity index (χ1) is 11.8. The Morgan fingerprint density at radius 2 is 1.88 bits per heavy atom. The van der Waals surface area contributed by atoms with Crippen LogP contribution in [0.1, 0.15) is 56.1 Å². The molecule has 1 aromatic rings. The molecule has 3 saturated heterocycles. The predicted octanol–water partition coefficient (Wildman–Crippen LogP) is 2.44. The lowest BCUT2D eigenvalue weighted by Crippen LogP contribution is -3.19. The van der Waals surface area contributed by atoms with Crippen molar-refractivity contribution in [2.45, 2.75) is 64.0 Å². The van der Waals surface area contributed by atoms with Gasteiger partial charge < -0.3 is 4.90 Å². The van der Waals surface area contributed by atoms with Gasteiger partial charge in [-0.3, -0.25) is 0 Å². The van der Waals surface area contributed by atoms with Crippen LogP contribution in [-0.4, -0.2) is 42.0 Å². The highest BCUT2D eigenvalue weighted by atomic mass is 15.2. The number of nitrogens with zero attached hydrogens (tertiary/aromatic N) is 1. The van der Waals surface area contributed by atoms with Crippen molar-refractivity contribution < 1.29 is 9.48 Å². The van der Waals surface area contributed by atoms with E-state index in [1.165, 1.54) is 75.7 Å². The van der Waals surface area contributed by atoms with E-state index in [2.05, 4.69) is 35.8 Å². The topological polar surface area (TPSA) is 7.45 Å². The van der Waals surface area contributed by atoms with E-state index in [4.69, 9.17) is 0 Å². The van der Waals surface area contributed by atoms with Crippen molar-refractivity contribution in [1.82, 2.24) is 0 Å². The van der Waals surface area contributed by atoms with Gasteiger partial charge in [0.05, 0.1) is 31.0 Å². The molecular weight excluding hydrogens is 292 g/mol. The van der Waals surface area contributed by atoms with Gasteiger partial charge in [-0.2, -0.15) is 0 Å². The van der Waals surface area contributed by atoms with Crippen molar-refractivity contribution in [2.24, 2.45) is 11.8 Å². The van der Waals surface area contributed by atoms with Crippen LogP contribution in [0.2, 0.25) is 0 Å². The lowest BCUT2D eigenvalue weighted by Gasteiger charge is -2.48.